The average Bonchev–Trinajstić information content (AvgIpc) is 3.54. The Kier molecular flexibility index (Phi) is 11.6. The molecule has 2 fully saturated rings. The van der Waals surface area contributed by atoms with E-state index in [0.717, 1.165) is 23.1 Å². The summed E-state index contributed by atoms with van der Waals surface area (Å²) in [5.41, 5.74) is -1.21. The van der Waals surface area contributed by atoms with E-state index in [-0.39, 0.29) is 5.41 Å². The summed E-state index contributed by atoms with van der Waals surface area (Å²) < 4.78 is 0. The van der Waals surface area contributed by atoms with Crippen LogP contribution in [0.5, 0.6) is 0 Å². The first-order chi connectivity index (χ1) is 17.3. The molecule has 37 heavy (non-hydrogen) atoms. The Morgan fingerprint density at radius 1 is 1.03 bits per heavy atom. The summed E-state index contributed by atoms with van der Waals surface area (Å²) in [5, 5.41) is 35.4. The van der Waals surface area contributed by atoms with Gasteiger partial charge in [0.15, 0.2) is 5.60 Å². The molecule has 0 unspecified atom stereocenters. The lowest BCUT2D eigenvalue weighted by molar-refractivity contribution is -0.170. The predicted octanol–water partition coefficient (Wildman–Crippen LogP) is 2.35. The van der Waals surface area contributed by atoms with E-state index in [0.29, 0.717) is 0 Å². The molecule has 1 saturated heterocycles. The number of benzene rings is 1. The Labute approximate surface area is 227 Å². The smallest absolute Gasteiger partial charge is 0.336 e. The van der Waals surface area contributed by atoms with Gasteiger partial charge in [-0.25, -0.2) is 4.79 Å². The standard InChI is InChI=1S/C19H29Cl2N3.C6H8O7/c1-22-10-12-24(13-11-22)9-3-8-23(2)15-19(6-7-19)17-5-4-16(20)14-18(17)21;7-3(8)1-6(13,5(11)12)2-4(9)10/h4-5,14H,3,6-13,15H2,1-2H3;13H,1-2H2,(H,7,8)(H,9,10)(H,11,12). The number of nitrogens with zero attached hydrogens (tertiary/aromatic N) is 3. The minimum Gasteiger partial charge on any atom is -0.481 e. The first-order valence-electron chi connectivity index (χ1n) is 12.2. The highest BCUT2D eigenvalue weighted by atomic mass is 35.5. The highest BCUT2D eigenvalue weighted by Gasteiger charge is 2.46. The molecule has 4 N–H and O–H groups in total. The number of carboxylic acid groups (broad SMARTS) is 3. The molecular weight excluding hydrogens is 525 g/mol. The fourth-order valence-corrected chi connectivity index (χ4v) is 5.14. The SMILES string of the molecule is CN1CCN(CCCN(C)CC2(c3ccc(Cl)cc3Cl)CC2)CC1.O=C(O)CC(O)(CC(=O)O)C(=O)O. The molecule has 208 valence electrons. The Morgan fingerprint density at radius 2 is 1.59 bits per heavy atom. The normalized spacial score (nSPS) is 17.7. The molecule has 12 heteroatoms. The number of carbonyl (C=O) groups is 3. The molecule has 0 spiro atoms. The third-order valence-corrected chi connectivity index (χ3v) is 7.37. The molecule has 0 bridgehead atoms. The van der Waals surface area contributed by atoms with Crippen molar-refractivity contribution in [2.45, 2.75) is 43.1 Å². The van der Waals surface area contributed by atoms with Crippen LogP contribution in [-0.2, 0) is 19.8 Å². The van der Waals surface area contributed by atoms with Crippen molar-refractivity contribution in [3.8, 4) is 0 Å². The zero-order chi connectivity index (χ0) is 27.8. The van der Waals surface area contributed by atoms with Crippen molar-refractivity contribution in [1.29, 1.82) is 0 Å². The van der Waals surface area contributed by atoms with Gasteiger partial charge in [-0.05, 0) is 64.1 Å². The molecule has 1 saturated carbocycles. The van der Waals surface area contributed by atoms with Crippen molar-refractivity contribution in [2.24, 2.45) is 0 Å². The van der Waals surface area contributed by atoms with Gasteiger partial charge in [0.1, 0.15) is 0 Å². The number of aliphatic hydroxyl groups is 1. The number of hydrogen-bond donors (Lipinski definition) is 4. The average molecular weight is 562 g/mol. The molecule has 10 nitrogen and oxygen atoms in total. The Hall–Kier alpha value is -1.95. The molecular formula is C25H37Cl2N3O7. The molecule has 1 aliphatic heterocycles. The number of rotatable bonds is 12. The van der Waals surface area contributed by atoms with E-state index in [1.807, 2.05) is 12.1 Å². The third kappa shape index (κ3) is 10.0. The van der Waals surface area contributed by atoms with Crippen molar-refractivity contribution in [3.05, 3.63) is 33.8 Å². The summed E-state index contributed by atoms with van der Waals surface area (Å²) in [6.45, 7) is 8.29. The quantitative estimate of drug-likeness (QED) is 0.300. The second-order valence-electron chi connectivity index (χ2n) is 10.1. The van der Waals surface area contributed by atoms with Crippen molar-refractivity contribution >= 4 is 41.1 Å². The maximum Gasteiger partial charge on any atom is 0.336 e. The summed E-state index contributed by atoms with van der Waals surface area (Å²) in [6, 6.07) is 5.97. The third-order valence-electron chi connectivity index (χ3n) is 6.82. The van der Waals surface area contributed by atoms with Gasteiger partial charge in [0, 0.05) is 48.2 Å². The van der Waals surface area contributed by atoms with Gasteiger partial charge in [-0.3, -0.25) is 9.59 Å². The lowest BCUT2D eigenvalue weighted by Crippen LogP contribution is -2.45. The molecule has 1 aromatic carbocycles. The second-order valence-corrected chi connectivity index (χ2v) is 11.0. The molecule has 0 amide bonds. The minimum absolute atomic E-state index is 0.254. The van der Waals surface area contributed by atoms with Crippen molar-refractivity contribution in [2.75, 3.05) is 59.9 Å². The van der Waals surface area contributed by atoms with Crippen molar-refractivity contribution < 1.29 is 34.8 Å². The molecule has 0 aromatic heterocycles. The Balaban J connectivity index is 0.000000317. The van der Waals surface area contributed by atoms with Crippen LogP contribution in [0, 0.1) is 0 Å². The topological polar surface area (TPSA) is 142 Å². The summed E-state index contributed by atoms with van der Waals surface area (Å²) in [7, 11) is 4.45. The fourth-order valence-electron chi connectivity index (χ4n) is 4.53. The Bertz CT molecular complexity index is 934. The van der Waals surface area contributed by atoms with E-state index >= 15 is 0 Å². The maximum absolute atomic E-state index is 10.3. The van der Waals surface area contributed by atoms with Crippen LogP contribution in [0.4, 0.5) is 0 Å². The van der Waals surface area contributed by atoms with Crippen LogP contribution < -0.4 is 0 Å². The number of halogens is 2. The van der Waals surface area contributed by atoms with Crippen LogP contribution in [0.15, 0.2) is 18.2 Å². The van der Waals surface area contributed by atoms with Crippen LogP contribution >= 0.6 is 23.2 Å². The van der Waals surface area contributed by atoms with Gasteiger partial charge >= 0.3 is 17.9 Å². The van der Waals surface area contributed by atoms with Gasteiger partial charge in [0.25, 0.3) is 0 Å². The van der Waals surface area contributed by atoms with E-state index in [1.54, 1.807) is 0 Å². The van der Waals surface area contributed by atoms with Gasteiger partial charge in [-0.15, -0.1) is 0 Å². The van der Waals surface area contributed by atoms with Gasteiger partial charge in [-0.1, -0.05) is 29.3 Å². The first kappa shape index (κ1) is 31.3. The summed E-state index contributed by atoms with van der Waals surface area (Å²) >= 11 is 12.5. The Morgan fingerprint density at radius 3 is 2.05 bits per heavy atom. The van der Waals surface area contributed by atoms with E-state index < -0.39 is 36.4 Å². The van der Waals surface area contributed by atoms with E-state index in [4.69, 9.17) is 43.6 Å². The fraction of sp³-hybridized carbons (Fsp3) is 0.640. The lowest BCUT2D eigenvalue weighted by atomic mass is 9.95. The van der Waals surface area contributed by atoms with E-state index in [9.17, 15) is 14.4 Å². The van der Waals surface area contributed by atoms with E-state index in [2.05, 4.69) is 34.9 Å². The molecule has 0 radical (unpaired) electrons. The number of hydrogen-bond acceptors (Lipinski definition) is 7. The minimum atomic E-state index is -2.74. The van der Waals surface area contributed by atoms with Crippen LogP contribution in [0.25, 0.3) is 0 Å². The predicted molar refractivity (Wildman–Crippen MR) is 141 cm³/mol. The van der Waals surface area contributed by atoms with Crippen molar-refractivity contribution in [3.63, 3.8) is 0 Å². The molecule has 1 aliphatic carbocycles. The van der Waals surface area contributed by atoms with Crippen LogP contribution in [0.3, 0.4) is 0 Å². The number of piperazine rings is 1. The van der Waals surface area contributed by atoms with Gasteiger partial charge in [0.2, 0.25) is 0 Å². The van der Waals surface area contributed by atoms with Crippen LogP contribution in [0.2, 0.25) is 10.0 Å². The molecule has 3 rings (SSSR count). The lowest BCUT2D eigenvalue weighted by Gasteiger charge is -2.33. The number of aliphatic carboxylic acids is 3. The molecule has 2 aliphatic rings. The number of carboxylic acids is 3. The number of likely N-dealkylation sites (N-methyl/N-ethyl adjacent to an activating group) is 2. The second kappa shape index (κ2) is 13.7. The van der Waals surface area contributed by atoms with Crippen LogP contribution in [0.1, 0.15) is 37.7 Å². The van der Waals surface area contributed by atoms with Crippen molar-refractivity contribution in [1.82, 2.24) is 14.7 Å². The zero-order valence-corrected chi connectivity index (χ0v) is 22.8. The van der Waals surface area contributed by atoms with Gasteiger partial charge in [0.05, 0.1) is 12.8 Å². The van der Waals surface area contributed by atoms with Crippen LogP contribution in [-0.4, -0.2) is 119 Å². The highest BCUT2D eigenvalue weighted by molar-refractivity contribution is 6.35. The molecule has 0 atom stereocenters. The highest BCUT2D eigenvalue weighted by Crippen LogP contribution is 2.51. The van der Waals surface area contributed by atoms with E-state index in [1.165, 1.54) is 57.5 Å². The monoisotopic (exact) mass is 561 g/mol. The summed E-state index contributed by atoms with van der Waals surface area (Å²) in [4.78, 5) is 38.0. The maximum atomic E-state index is 10.3. The first-order valence-corrected chi connectivity index (χ1v) is 13.0. The molecule has 1 aromatic rings. The summed E-state index contributed by atoms with van der Waals surface area (Å²) in [6.07, 6.45) is 1.42. The summed E-state index contributed by atoms with van der Waals surface area (Å²) in [5.74, 6) is -5.02. The van der Waals surface area contributed by atoms with Gasteiger partial charge < -0.3 is 35.1 Å². The molecule has 1 heterocycles. The van der Waals surface area contributed by atoms with Gasteiger partial charge in [-0.2, -0.15) is 0 Å². The largest absolute Gasteiger partial charge is 0.481 e. The zero-order valence-electron chi connectivity index (χ0n) is 21.3.